The van der Waals surface area contributed by atoms with Crippen molar-refractivity contribution in [2.24, 2.45) is 0 Å². The van der Waals surface area contributed by atoms with E-state index in [1.807, 2.05) is 0 Å². The van der Waals surface area contributed by atoms with Crippen molar-refractivity contribution >= 4 is 17.5 Å². The molecule has 0 radical (unpaired) electrons. The second-order valence-corrected chi connectivity index (χ2v) is 4.20. The van der Waals surface area contributed by atoms with Crippen LogP contribution in [0.2, 0.25) is 5.02 Å². The number of benzene rings is 1. The molecule has 10 heteroatoms. The molecular weight excluding hydrogens is 301 g/mol. The molecule has 2 heterocycles. The minimum atomic E-state index is -0.618. The molecule has 3 rings (SSSR count). The van der Waals surface area contributed by atoms with Crippen molar-refractivity contribution in [3.63, 3.8) is 0 Å². The Kier molecular flexibility index (Phi) is 3.32. The number of nitrogens with two attached hydrogens (primary N) is 1. The van der Waals surface area contributed by atoms with Gasteiger partial charge in [-0.15, -0.1) is 0 Å². The van der Waals surface area contributed by atoms with E-state index in [9.17, 15) is 4.39 Å². The standard InChI is InChI=1S/C11H7ClFN7O/c12-7-2-1-6(3-8(7)13)21-11-18-9(14)17-10(19-11)20-5-15-4-16-20/h1-5H,(H2,14,17,18,19). The molecule has 106 valence electrons. The molecule has 3 aromatic rings. The smallest absolute Gasteiger partial charge is 0.328 e. The Morgan fingerprint density at radius 1 is 1.24 bits per heavy atom. The topological polar surface area (TPSA) is 105 Å². The highest BCUT2D eigenvalue weighted by Crippen LogP contribution is 2.24. The first-order valence-electron chi connectivity index (χ1n) is 5.61. The summed E-state index contributed by atoms with van der Waals surface area (Å²) >= 11 is 5.59. The zero-order valence-electron chi connectivity index (χ0n) is 10.3. The summed E-state index contributed by atoms with van der Waals surface area (Å²) < 4.78 is 20.0. The summed E-state index contributed by atoms with van der Waals surface area (Å²) in [6.07, 6.45) is 2.70. The van der Waals surface area contributed by atoms with E-state index < -0.39 is 5.82 Å². The molecule has 0 bridgehead atoms. The van der Waals surface area contributed by atoms with Gasteiger partial charge in [0.2, 0.25) is 5.95 Å². The van der Waals surface area contributed by atoms with Crippen molar-refractivity contribution in [1.82, 2.24) is 29.7 Å². The molecule has 2 N–H and O–H groups in total. The molecule has 8 nitrogen and oxygen atoms in total. The minimum Gasteiger partial charge on any atom is -0.424 e. The van der Waals surface area contributed by atoms with Crippen molar-refractivity contribution in [3.8, 4) is 17.7 Å². The Balaban J connectivity index is 1.93. The summed E-state index contributed by atoms with van der Waals surface area (Å²) in [5.41, 5.74) is 5.57. The van der Waals surface area contributed by atoms with Crippen LogP contribution in [0.1, 0.15) is 0 Å². The number of ether oxygens (including phenoxy) is 1. The van der Waals surface area contributed by atoms with Crippen LogP contribution in [0.4, 0.5) is 10.3 Å². The number of aromatic nitrogens is 6. The third-order valence-corrected chi connectivity index (χ3v) is 2.65. The van der Waals surface area contributed by atoms with Gasteiger partial charge in [-0.25, -0.2) is 9.37 Å². The van der Waals surface area contributed by atoms with Crippen LogP contribution in [-0.2, 0) is 0 Å². The molecule has 0 atom stereocenters. The Morgan fingerprint density at radius 2 is 2.10 bits per heavy atom. The van der Waals surface area contributed by atoms with Crippen LogP contribution >= 0.6 is 11.6 Å². The van der Waals surface area contributed by atoms with Crippen molar-refractivity contribution in [3.05, 3.63) is 41.7 Å². The normalized spacial score (nSPS) is 10.6. The highest BCUT2D eigenvalue weighted by molar-refractivity contribution is 6.30. The molecule has 0 saturated heterocycles. The minimum absolute atomic E-state index is 0.0131. The van der Waals surface area contributed by atoms with Crippen LogP contribution in [0.3, 0.4) is 0 Å². The average molecular weight is 308 g/mol. The summed E-state index contributed by atoms with van der Waals surface area (Å²) in [5.74, 6) is -0.385. The molecule has 0 aliphatic heterocycles. The van der Waals surface area contributed by atoms with E-state index in [-0.39, 0.29) is 28.7 Å². The molecule has 2 aromatic heterocycles. The van der Waals surface area contributed by atoms with Gasteiger partial charge in [0.15, 0.2) is 0 Å². The number of hydrogen-bond acceptors (Lipinski definition) is 7. The molecule has 0 aliphatic rings. The number of rotatable bonds is 3. The molecule has 21 heavy (non-hydrogen) atoms. The third kappa shape index (κ3) is 2.87. The summed E-state index contributed by atoms with van der Waals surface area (Å²) in [5, 5.41) is 3.85. The molecular formula is C11H7ClFN7O. The van der Waals surface area contributed by atoms with Gasteiger partial charge in [-0.2, -0.15) is 24.7 Å². The first-order chi connectivity index (χ1) is 10.1. The fourth-order valence-corrected chi connectivity index (χ4v) is 1.58. The van der Waals surface area contributed by atoms with Crippen LogP contribution in [0.15, 0.2) is 30.9 Å². The van der Waals surface area contributed by atoms with E-state index in [0.29, 0.717) is 0 Å². The van der Waals surface area contributed by atoms with Crippen LogP contribution in [0, 0.1) is 5.82 Å². The van der Waals surface area contributed by atoms with Gasteiger partial charge < -0.3 is 10.5 Å². The van der Waals surface area contributed by atoms with Gasteiger partial charge in [0.25, 0.3) is 5.95 Å². The number of halogens is 2. The van der Waals surface area contributed by atoms with E-state index in [2.05, 4.69) is 25.0 Å². The summed E-state index contributed by atoms with van der Waals surface area (Å²) in [6.45, 7) is 0. The maximum atomic E-state index is 13.4. The first-order valence-corrected chi connectivity index (χ1v) is 5.99. The quantitative estimate of drug-likeness (QED) is 0.783. The Morgan fingerprint density at radius 3 is 2.81 bits per heavy atom. The maximum absolute atomic E-state index is 13.4. The molecule has 0 amide bonds. The van der Waals surface area contributed by atoms with Crippen LogP contribution < -0.4 is 10.5 Å². The lowest BCUT2D eigenvalue weighted by atomic mass is 10.3. The fraction of sp³-hybridized carbons (Fsp3) is 0. The molecule has 0 unspecified atom stereocenters. The summed E-state index contributed by atoms with van der Waals surface area (Å²) in [4.78, 5) is 15.5. The Labute approximate surface area is 122 Å². The summed E-state index contributed by atoms with van der Waals surface area (Å²) in [7, 11) is 0. The first kappa shape index (κ1) is 13.2. The molecule has 0 aliphatic carbocycles. The number of nitrogen functional groups attached to an aromatic ring is 1. The van der Waals surface area contributed by atoms with E-state index >= 15 is 0 Å². The van der Waals surface area contributed by atoms with Gasteiger partial charge in [-0.05, 0) is 12.1 Å². The van der Waals surface area contributed by atoms with Gasteiger partial charge in [-0.1, -0.05) is 11.6 Å². The van der Waals surface area contributed by atoms with Gasteiger partial charge in [0.1, 0.15) is 24.2 Å². The lowest BCUT2D eigenvalue weighted by molar-refractivity contribution is 0.435. The summed E-state index contributed by atoms with van der Waals surface area (Å²) in [6, 6.07) is 3.84. The van der Waals surface area contributed by atoms with Crippen LogP contribution in [-0.4, -0.2) is 29.7 Å². The third-order valence-electron chi connectivity index (χ3n) is 2.34. The predicted octanol–water partition coefficient (Wildman–Crippen LogP) is 1.62. The highest BCUT2D eigenvalue weighted by Gasteiger charge is 2.10. The second kappa shape index (κ2) is 5.29. The van der Waals surface area contributed by atoms with E-state index in [1.165, 1.54) is 29.5 Å². The fourth-order valence-electron chi connectivity index (χ4n) is 1.47. The zero-order chi connectivity index (χ0) is 14.8. The van der Waals surface area contributed by atoms with Crippen LogP contribution in [0.25, 0.3) is 5.95 Å². The number of anilines is 1. The zero-order valence-corrected chi connectivity index (χ0v) is 11.1. The Bertz CT molecular complexity index is 780. The van der Waals surface area contributed by atoms with Gasteiger partial charge >= 0.3 is 6.01 Å². The lowest BCUT2D eigenvalue weighted by Gasteiger charge is -2.06. The monoisotopic (exact) mass is 307 g/mol. The maximum Gasteiger partial charge on any atom is 0.328 e. The van der Waals surface area contributed by atoms with Crippen molar-refractivity contribution in [2.45, 2.75) is 0 Å². The molecule has 0 fully saturated rings. The SMILES string of the molecule is Nc1nc(Oc2ccc(Cl)c(F)c2)nc(-n2cncn2)n1. The second-order valence-electron chi connectivity index (χ2n) is 3.79. The molecule has 0 saturated carbocycles. The largest absolute Gasteiger partial charge is 0.424 e. The van der Waals surface area contributed by atoms with E-state index in [0.717, 1.165) is 6.07 Å². The van der Waals surface area contributed by atoms with Gasteiger partial charge in [0, 0.05) is 6.07 Å². The average Bonchev–Trinajstić information content (AvgIpc) is 2.96. The van der Waals surface area contributed by atoms with Crippen LogP contribution in [0.5, 0.6) is 11.8 Å². The van der Waals surface area contributed by atoms with Crippen molar-refractivity contribution < 1.29 is 9.13 Å². The Hall–Kier alpha value is -2.81. The van der Waals surface area contributed by atoms with Crippen molar-refractivity contribution in [2.75, 3.05) is 5.73 Å². The number of nitrogens with zero attached hydrogens (tertiary/aromatic N) is 6. The number of hydrogen-bond donors (Lipinski definition) is 1. The highest BCUT2D eigenvalue weighted by atomic mass is 35.5. The van der Waals surface area contributed by atoms with Gasteiger partial charge in [-0.3, -0.25) is 0 Å². The van der Waals surface area contributed by atoms with E-state index in [4.69, 9.17) is 22.1 Å². The lowest BCUT2D eigenvalue weighted by Crippen LogP contribution is -2.08. The predicted molar refractivity (Wildman–Crippen MR) is 70.6 cm³/mol. The molecule has 0 spiro atoms. The van der Waals surface area contributed by atoms with E-state index in [1.54, 1.807) is 0 Å². The molecule has 1 aromatic carbocycles. The van der Waals surface area contributed by atoms with Gasteiger partial charge in [0.05, 0.1) is 5.02 Å². The van der Waals surface area contributed by atoms with Crippen molar-refractivity contribution in [1.29, 1.82) is 0 Å².